The van der Waals surface area contributed by atoms with Gasteiger partial charge in [0.15, 0.2) is 0 Å². The van der Waals surface area contributed by atoms with Crippen LogP contribution < -0.4 is 0 Å². The van der Waals surface area contributed by atoms with Gasteiger partial charge in [-0.25, -0.2) is 4.39 Å². The van der Waals surface area contributed by atoms with Gasteiger partial charge in [0.25, 0.3) is 0 Å². The van der Waals surface area contributed by atoms with Crippen LogP contribution in [0.25, 0.3) is 0 Å². The van der Waals surface area contributed by atoms with Crippen LogP contribution in [0.15, 0.2) is 24.3 Å². The molecule has 0 spiro atoms. The van der Waals surface area contributed by atoms with Crippen LogP contribution in [0.3, 0.4) is 0 Å². The van der Waals surface area contributed by atoms with E-state index in [1.165, 1.54) is 0 Å². The van der Waals surface area contributed by atoms with Crippen molar-refractivity contribution in [1.82, 2.24) is 0 Å². The molecule has 2 bridgehead atoms. The topological polar surface area (TPSA) is 18.5 Å². The van der Waals surface area contributed by atoms with Crippen LogP contribution in [-0.4, -0.2) is 18.3 Å². The highest BCUT2D eigenvalue weighted by Gasteiger charge is 2.77. The van der Waals surface area contributed by atoms with Gasteiger partial charge < -0.3 is 9.31 Å². The average Bonchev–Trinajstić information content (AvgIpc) is 2.47. The molecule has 4 heteroatoms. The largest absolute Gasteiger partial charge is 0.464 e. The maximum Gasteiger partial charge on any atom is 0.464 e. The molecule has 21 heavy (non-hydrogen) atoms. The molecular formula is C17H22BFO2. The first-order chi connectivity index (χ1) is 9.70. The van der Waals surface area contributed by atoms with Crippen molar-refractivity contribution in [2.75, 3.05) is 0 Å². The number of benzene rings is 1. The molecule has 0 aromatic heterocycles. The Morgan fingerprint density at radius 1 is 0.952 bits per heavy atom. The van der Waals surface area contributed by atoms with E-state index < -0.39 is 0 Å². The lowest BCUT2D eigenvalue weighted by molar-refractivity contribution is -0.0406. The molecule has 1 heterocycles. The van der Waals surface area contributed by atoms with Crippen molar-refractivity contribution in [3.8, 4) is 0 Å². The molecule has 1 saturated heterocycles. The molecule has 0 unspecified atom stereocenters. The van der Waals surface area contributed by atoms with Crippen molar-refractivity contribution >= 4 is 7.12 Å². The van der Waals surface area contributed by atoms with E-state index in [4.69, 9.17) is 9.31 Å². The lowest BCUT2D eigenvalue weighted by Crippen LogP contribution is -2.66. The summed E-state index contributed by atoms with van der Waals surface area (Å²) < 4.78 is 26.4. The van der Waals surface area contributed by atoms with Gasteiger partial charge in [0, 0.05) is 5.31 Å². The van der Waals surface area contributed by atoms with Gasteiger partial charge in [0.1, 0.15) is 5.82 Å². The van der Waals surface area contributed by atoms with Crippen molar-refractivity contribution in [2.45, 2.75) is 68.9 Å². The monoisotopic (exact) mass is 288 g/mol. The first-order valence-electron chi connectivity index (χ1n) is 7.81. The maximum atomic E-state index is 14.0. The standard InChI is InChI=1S/C17H22BFO2/c1-14(2)15(3,4)21-18(20-14)17-9-16(10-17,11-17)12-7-5-6-8-13(12)19/h5-8H,9-11H2,1-4H3. The minimum absolute atomic E-state index is 0.0366. The van der Waals surface area contributed by atoms with E-state index in [-0.39, 0.29) is 34.9 Å². The predicted molar refractivity (Wildman–Crippen MR) is 80.7 cm³/mol. The van der Waals surface area contributed by atoms with Crippen molar-refractivity contribution < 1.29 is 13.7 Å². The van der Waals surface area contributed by atoms with Gasteiger partial charge in [-0.3, -0.25) is 0 Å². The van der Waals surface area contributed by atoms with Crippen LogP contribution >= 0.6 is 0 Å². The molecule has 1 aliphatic heterocycles. The molecule has 4 fully saturated rings. The molecule has 5 rings (SSSR count). The van der Waals surface area contributed by atoms with Crippen LogP contribution in [0.1, 0.15) is 52.5 Å². The third kappa shape index (κ3) is 1.61. The first-order valence-corrected chi connectivity index (χ1v) is 7.81. The Morgan fingerprint density at radius 2 is 1.48 bits per heavy atom. The van der Waals surface area contributed by atoms with Gasteiger partial charge in [0.2, 0.25) is 0 Å². The minimum atomic E-state index is -0.280. The molecule has 2 nitrogen and oxygen atoms in total. The molecule has 1 aromatic rings. The minimum Gasteiger partial charge on any atom is -0.403 e. The van der Waals surface area contributed by atoms with Crippen LogP contribution in [0.5, 0.6) is 0 Å². The van der Waals surface area contributed by atoms with Crippen LogP contribution in [-0.2, 0) is 14.7 Å². The summed E-state index contributed by atoms with van der Waals surface area (Å²) in [6.45, 7) is 8.35. The Hall–Kier alpha value is -0.865. The Kier molecular flexibility index (Phi) is 2.44. The lowest BCUT2D eigenvalue weighted by Gasteiger charge is -2.71. The number of halogens is 1. The maximum absolute atomic E-state index is 14.0. The molecule has 0 atom stereocenters. The smallest absolute Gasteiger partial charge is 0.403 e. The number of hydrogen-bond donors (Lipinski definition) is 0. The summed E-state index contributed by atoms with van der Waals surface area (Å²) in [7, 11) is -0.142. The zero-order valence-electron chi connectivity index (χ0n) is 13.2. The fourth-order valence-corrected chi connectivity index (χ4v) is 4.39. The van der Waals surface area contributed by atoms with Gasteiger partial charge in [-0.05, 0) is 64.0 Å². The average molecular weight is 288 g/mol. The van der Waals surface area contributed by atoms with Crippen LogP contribution in [0.2, 0.25) is 5.31 Å². The van der Waals surface area contributed by atoms with Gasteiger partial charge in [-0.15, -0.1) is 0 Å². The number of hydrogen-bond acceptors (Lipinski definition) is 2. The summed E-state index contributed by atoms with van der Waals surface area (Å²) in [6, 6.07) is 7.19. The zero-order chi connectivity index (χ0) is 15.1. The molecule has 3 saturated carbocycles. The first kappa shape index (κ1) is 13.8. The van der Waals surface area contributed by atoms with E-state index in [0.717, 1.165) is 24.8 Å². The molecular weight excluding hydrogens is 266 g/mol. The molecule has 1 aromatic carbocycles. The third-order valence-electron chi connectivity index (χ3n) is 6.27. The fraction of sp³-hybridized carbons (Fsp3) is 0.647. The second kappa shape index (κ2) is 3.72. The Bertz CT molecular complexity index is 575. The van der Waals surface area contributed by atoms with Gasteiger partial charge >= 0.3 is 7.12 Å². The summed E-state index contributed by atoms with van der Waals surface area (Å²) in [4.78, 5) is 0. The predicted octanol–water partition coefficient (Wildman–Crippen LogP) is 4.09. The second-order valence-electron chi connectivity index (χ2n) is 8.24. The van der Waals surface area contributed by atoms with Gasteiger partial charge in [-0.1, -0.05) is 18.2 Å². The highest BCUT2D eigenvalue weighted by molar-refractivity contribution is 6.51. The second-order valence-corrected chi connectivity index (χ2v) is 8.24. The highest BCUT2D eigenvalue weighted by atomic mass is 19.1. The van der Waals surface area contributed by atoms with Crippen molar-refractivity contribution in [1.29, 1.82) is 0 Å². The van der Waals surface area contributed by atoms with Crippen LogP contribution in [0, 0.1) is 5.82 Å². The lowest BCUT2D eigenvalue weighted by atomic mass is 9.23. The van der Waals surface area contributed by atoms with Crippen LogP contribution in [0.4, 0.5) is 4.39 Å². The van der Waals surface area contributed by atoms with E-state index in [1.54, 1.807) is 12.1 Å². The summed E-state index contributed by atoms with van der Waals surface area (Å²) in [5.74, 6) is -0.0697. The zero-order valence-corrected chi connectivity index (χ0v) is 13.2. The Balaban J connectivity index is 1.53. The normalized spacial score (nSPS) is 38.8. The SMILES string of the molecule is CC1(C)OB(C23CC(c4ccccc4F)(C2)C3)OC1(C)C. The molecule has 112 valence electrons. The van der Waals surface area contributed by atoms with Gasteiger partial charge in [-0.2, -0.15) is 0 Å². The van der Waals surface area contributed by atoms with Crippen molar-refractivity contribution in [2.24, 2.45) is 0 Å². The van der Waals surface area contributed by atoms with E-state index in [2.05, 4.69) is 27.7 Å². The third-order valence-corrected chi connectivity index (χ3v) is 6.27. The quantitative estimate of drug-likeness (QED) is 0.763. The summed E-state index contributed by atoms with van der Waals surface area (Å²) >= 11 is 0. The van der Waals surface area contributed by atoms with E-state index in [1.807, 2.05) is 12.1 Å². The molecule has 4 aliphatic rings. The summed E-state index contributed by atoms with van der Waals surface area (Å²) in [5, 5.41) is 0.104. The molecule has 0 amide bonds. The number of rotatable bonds is 2. The Labute approximate surface area is 126 Å². The fourth-order valence-electron chi connectivity index (χ4n) is 4.39. The molecule has 0 radical (unpaired) electrons. The van der Waals surface area contributed by atoms with Crippen molar-refractivity contribution in [3.05, 3.63) is 35.6 Å². The van der Waals surface area contributed by atoms with Crippen molar-refractivity contribution in [3.63, 3.8) is 0 Å². The van der Waals surface area contributed by atoms with Gasteiger partial charge in [0.05, 0.1) is 11.2 Å². The molecule has 0 N–H and O–H groups in total. The van der Waals surface area contributed by atoms with E-state index in [9.17, 15) is 4.39 Å². The van der Waals surface area contributed by atoms with E-state index >= 15 is 0 Å². The summed E-state index contributed by atoms with van der Waals surface area (Å²) in [5.41, 5.74) is 0.356. The summed E-state index contributed by atoms with van der Waals surface area (Å²) in [6.07, 6.45) is 2.95. The highest BCUT2D eigenvalue weighted by Crippen LogP contribution is 2.81. The molecule has 3 aliphatic carbocycles. The Morgan fingerprint density at radius 3 is 2.00 bits per heavy atom. The van der Waals surface area contributed by atoms with E-state index in [0.29, 0.717) is 0 Å².